The lowest BCUT2D eigenvalue weighted by atomic mass is 10.0. The third-order valence-corrected chi connectivity index (χ3v) is 18.7. The summed E-state index contributed by atoms with van der Waals surface area (Å²) in [5.41, 5.74) is 5.15. The molecule has 11 heteroatoms. The molecule has 0 spiro atoms. The van der Waals surface area contributed by atoms with Gasteiger partial charge >= 0.3 is 18.3 Å². The number of rotatable bonds is 74. The van der Waals surface area contributed by atoms with Crippen LogP contribution in [0.3, 0.4) is 0 Å². The summed E-state index contributed by atoms with van der Waals surface area (Å²) in [6.45, 7) is 18.7. The molecule has 0 aliphatic heterocycles. The van der Waals surface area contributed by atoms with Crippen molar-refractivity contribution >= 4 is 18.3 Å². The smallest absolute Gasteiger partial charge is 0.460 e. The van der Waals surface area contributed by atoms with Crippen molar-refractivity contribution in [2.24, 2.45) is 5.73 Å². The highest BCUT2D eigenvalue weighted by molar-refractivity contribution is 5.69. The molecule has 0 saturated heterocycles. The Hall–Kier alpha value is -4.19. The van der Waals surface area contributed by atoms with Crippen LogP contribution in [0.2, 0.25) is 0 Å². The SMILES string of the molecule is CCCCC/C=C\C/C=C\CCCCCCCCC(CCCCCCCC/C=C\C/C=C\CCCCC)OC(=O)OCCN(C)CCCC(=O)OC(C)(C)C.CCCCC/C=C\C/C=C\CCCCCCCCC(CCCCCCCC/C=C\C/C=C\CCCCC)OC(=O)OCCN(C)CCN. The minimum Gasteiger partial charge on any atom is -0.460 e. The molecule has 0 fully saturated rings. The summed E-state index contributed by atoms with van der Waals surface area (Å²) in [7, 11) is 3.96. The molecule has 0 bridgehead atoms. The summed E-state index contributed by atoms with van der Waals surface area (Å²) in [4.78, 5) is 41.2. The molecule has 0 aliphatic rings. The van der Waals surface area contributed by atoms with Crippen molar-refractivity contribution in [3.63, 3.8) is 0 Å². The maximum atomic E-state index is 12.7. The van der Waals surface area contributed by atoms with E-state index in [1.165, 1.54) is 257 Å². The average Bonchev–Trinajstić information content (AvgIpc) is 1.20. The van der Waals surface area contributed by atoms with Gasteiger partial charge in [-0.25, -0.2) is 9.59 Å². The van der Waals surface area contributed by atoms with Crippen LogP contribution in [-0.4, -0.2) is 106 Å². The zero-order valence-electron chi connectivity index (χ0n) is 69.3. The molecule has 0 amide bonds. The summed E-state index contributed by atoms with van der Waals surface area (Å²) in [6, 6.07) is 0. The van der Waals surface area contributed by atoms with E-state index in [-0.39, 0.29) is 24.8 Å². The lowest BCUT2D eigenvalue weighted by Gasteiger charge is -2.21. The van der Waals surface area contributed by atoms with Gasteiger partial charge in [0.15, 0.2) is 0 Å². The number of ether oxygens (including phenoxy) is 5. The number of unbranched alkanes of at least 4 members (excludes halogenated alkanes) is 36. The molecule has 0 rings (SSSR count). The van der Waals surface area contributed by atoms with Gasteiger partial charge in [0.05, 0.1) is 0 Å². The van der Waals surface area contributed by atoms with Crippen molar-refractivity contribution in [1.29, 1.82) is 0 Å². The van der Waals surface area contributed by atoms with Crippen LogP contribution >= 0.6 is 0 Å². The maximum absolute atomic E-state index is 12.7. The first kappa shape index (κ1) is 101. The number of carbonyl (C=O) groups is 3. The lowest BCUT2D eigenvalue weighted by molar-refractivity contribution is -0.155. The number of nitrogens with zero attached hydrogens (tertiary/aromatic N) is 2. The number of likely N-dealkylation sites (N-methyl/N-ethyl adjacent to an activating group) is 2. The summed E-state index contributed by atoms with van der Waals surface area (Å²) in [6.07, 6.45) is 100. The molecule has 103 heavy (non-hydrogen) atoms. The second kappa shape index (κ2) is 83.4. The fourth-order valence-electron chi connectivity index (χ4n) is 12.2. The fourth-order valence-corrected chi connectivity index (χ4v) is 12.2. The van der Waals surface area contributed by atoms with Crippen LogP contribution in [0.25, 0.3) is 0 Å². The van der Waals surface area contributed by atoms with Gasteiger partial charge in [-0.1, -0.05) is 279 Å². The summed E-state index contributed by atoms with van der Waals surface area (Å²) in [5, 5.41) is 0. The molecule has 0 radical (unpaired) electrons. The van der Waals surface area contributed by atoms with Gasteiger partial charge in [0, 0.05) is 32.6 Å². The van der Waals surface area contributed by atoms with E-state index in [0.29, 0.717) is 39.1 Å². The van der Waals surface area contributed by atoms with Crippen molar-refractivity contribution in [3.05, 3.63) is 97.2 Å². The van der Waals surface area contributed by atoms with E-state index in [2.05, 4.69) is 135 Å². The number of carbonyl (C=O) groups excluding carboxylic acids is 3. The first-order valence-corrected chi connectivity index (χ1v) is 43.5. The zero-order valence-corrected chi connectivity index (χ0v) is 69.3. The molecule has 0 aromatic carbocycles. The van der Waals surface area contributed by atoms with E-state index >= 15 is 0 Å². The fraction of sp³-hybridized carbons (Fsp3) is 0.793. The van der Waals surface area contributed by atoms with Gasteiger partial charge in [-0.05, 0) is 228 Å². The third-order valence-electron chi connectivity index (χ3n) is 18.7. The van der Waals surface area contributed by atoms with E-state index in [1.54, 1.807) is 0 Å². The Morgan fingerprint density at radius 2 is 0.563 bits per heavy atom. The standard InChI is InChI=1S/C49H89NO5.C43H80N2O3/c1-7-9-11-13-15-17-19-21-23-25-27-29-31-33-35-37-40-46(41-38-36-34-32-30-28-26-24-22-20-18-16-14-12-10-8-2)54-48(52)53-45-44-50(6)43-39-42-47(51)55-49(3,4)5;1-4-6-8-10-12-14-16-18-20-22-24-26-28-30-32-34-36-42(48-43(46)47-41-40-45(3)39-38-44)37-35-33-31-29-27-25-23-21-19-17-15-13-11-9-7-5-2/h15-18,21-24,46H,7-14,19-20,25-45H2,1-6H3;12-15,18-21,42H,4-11,16-17,22-41,44H2,1-3H3/b17-15-,18-16-,23-21-,24-22-;14-12-,15-13-,20-18-,21-19-. The van der Waals surface area contributed by atoms with Crippen LogP contribution < -0.4 is 5.73 Å². The number of esters is 1. The minimum atomic E-state index is -0.549. The maximum Gasteiger partial charge on any atom is 0.508 e. The molecule has 0 aromatic rings. The number of allylic oxidation sites excluding steroid dienone is 16. The van der Waals surface area contributed by atoms with Gasteiger partial charge < -0.3 is 39.2 Å². The van der Waals surface area contributed by atoms with Crippen LogP contribution in [0.5, 0.6) is 0 Å². The highest BCUT2D eigenvalue weighted by Crippen LogP contribution is 2.21. The quantitative estimate of drug-likeness (QED) is 0.0270. The molecule has 600 valence electrons. The van der Waals surface area contributed by atoms with Crippen molar-refractivity contribution < 1.29 is 38.1 Å². The van der Waals surface area contributed by atoms with Gasteiger partial charge in [-0.3, -0.25) is 4.79 Å². The van der Waals surface area contributed by atoms with Crippen LogP contribution in [-0.2, 0) is 28.5 Å². The van der Waals surface area contributed by atoms with Gasteiger partial charge in [-0.15, -0.1) is 0 Å². The van der Waals surface area contributed by atoms with Crippen LogP contribution in [0.15, 0.2) is 97.2 Å². The Morgan fingerprint density at radius 1 is 0.320 bits per heavy atom. The van der Waals surface area contributed by atoms with E-state index in [9.17, 15) is 14.4 Å². The zero-order chi connectivity index (χ0) is 75.5. The molecule has 0 unspecified atom stereocenters. The Labute approximate surface area is 638 Å². The van der Waals surface area contributed by atoms with Crippen LogP contribution in [0.4, 0.5) is 9.59 Å². The van der Waals surface area contributed by atoms with Crippen molar-refractivity contribution in [1.82, 2.24) is 9.80 Å². The van der Waals surface area contributed by atoms with Gasteiger partial charge in [0.2, 0.25) is 0 Å². The lowest BCUT2D eigenvalue weighted by Crippen LogP contribution is -2.30. The van der Waals surface area contributed by atoms with E-state index < -0.39 is 17.9 Å². The van der Waals surface area contributed by atoms with Gasteiger partial charge in [-0.2, -0.15) is 0 Å². The molecule has 0 aromatic heterocycles. The molecule has 0 heterocycles. The second-order valence-electron chi connectivity index (χ2n) is 30.3. The summed E-state index contributed by atoms with van der Waals surface area (Å²) >= 11 is 0. The van der Waals surface area contributed by atoms with E-state index in [4.69, 9.17) is 29.4 Å². The Kier molecular flexibility index (Phi) is 81.7. The number of hydrogen-bond donors (Lipinski definition) is 1. The third kappa shape index (κ3) is 86.6. The molecular weight excluding hydrogens is 1280 g/mol. The molecular formula is C92H169N3O8. The Morgan fingerprint density at radius 3 is 0.816 bits per heavy atom. The predicted octanol–water partition coefficient (Wildman–Crippen LogP) is 27.8. The van der Waals surface area contributed by atoms with Crippen LogP contribution in [0, 0.1) is 0 Å². The first-order valence-electron chi connectivity index (χ1n) is 43.5. The van der Waals surface area contributed by atoms with E-state index in [0.717, 1.165) is 90.1 Å². The monoisotopic (exact) mass is 1440 g/mol. The highest BCUT2D eigenvalue weighted by Gasteiger charge is 2.19. The molecule has 11 nitrogen and oxygen atoms in total. The summed E-state index contributed by atoms with van der Waals surface area (Å²) in [5.74, 6) is -0.175. The van der Waals surface area contributed by atoms with Crippen molar-refractivity contribution in [2.45, 2.75) is 413 Å². The first-order chi connectivity index (χ1) is 50.3. The highest BCUT2D eigenvalue weighted by atomic mass is 16.7. The Balaban J connectivity index is 0. The number of hydrogen-bond acceptors (Lipinski definition) is 11. The van der Waals surface area contributed by atoms with E-state index in [1.807, 2.05) is 34.9 Å². The Bertz CT molecular complexity index is 1940. The molecule has 2 N–H and O–H groups in total. The average molecular weight is 1450 g/mol. The van der Waals surface area contributed by atoms with Gasteiger partial charge in [0.25, 0.3) is 0 Å². The van der Waals surface area contributed by atoms with Crippen molar-refractivity contribution in [2.75, 3.05) is 60.0 Å². The second-order valence-corrected chi connectivity index (χ2v) is 30.3. The molecule has 0 saturated carbocycles. The molecule has 0 aliphatic carbocycles. The van der Waals surface area contributed by atoms with Crippen LogP contribution in [0.1, 0.15) is 395 Å². The topological polar surface area (TPSA) is 130 Å². The molecule has 0 atom stereocenters. The predicted molar refractivity (Wildman–Crippen MR) is 447 cm³/mol. The minimum absolute atomic E-state index is 0.0315. The van der Waals surface area contributed by atoms with Gasteiger partial charge in [0.1, 0.15) is 31.0 Å². The normalized spacial score (nSPS) is 12.4. The largest absolute Gasteiger partial charge is 0.508 e. The summed E-state index contributed by atoms with van der Waals surface area (Å²) < 4.78 is 28.0. The number of nitrogens with two attached hydrogens (primary N) is 1. The van der Waals surface area contributed by atoms with Crippen molar-refractivity contribution in [3.8, 4) is 0 Å².